The Hall–Kier alpha value is -2.19. The van der Waals surface area contributed by atoms with Gasteiger partial charge in [-0.25, -0.2) is 4.39 Å². The van der Waals surface area contributed by atoms with Gasteiger partial charge in [0.2, 0.25) is 5.91 Å². The maximum Gasteiger partial charge on any atom is 0.231 e. The van der Waals surface area contributed by atoms with E-state index in [9.17, 15) is 9.18 Å². The molecule has 1 aromatic carbocycles. The number of nitrogens with zero attached hydrogens (tertiary/aromatic N) is 3. The number of hydrogen-bond acceptors (Lipinski definition) is 5. The van der Waals surface area contributed by atoms with Gasteiger partial charge >= 0.3 is 0 Å². The number of benzene rings is 1. The zero-order valence-electron chi connectivity index (χ0n) is 12.8. The van der Waals surface area contributed by atoms with Crippen molar-refractivity contribution < 1.29 is 9.18 Å². The number of rotatable bonds is 6. The van der Waals surface area contributed by atoms with E-state index < -0.39 is 0 Å². The minimum Gasteiger partial charge on any atom is -0.344 e. The van der Waals surface area contributed by atoms with Crippen molar-refractivity contribution >= 4 is 29.0 Å². The number of carbonyl (C=O) groups excluding carboxylic acids is 1. The Kier molecular flexibility index (Phi) is 5.27. The zero-order chi connectivity index (χ0) is 16.9. The average molecular weight is 362 g/mol. The number of thiophene rings is 1. The highest BCUT2D eigenvalue weighted by Crippen LogP contribution is 2.26. The van der Waals surface area contributed by atoms with Gasteiger partial charge in [0.25, 0.3) is 0 Å². The van der Waals surface area contributed by atoms with Crippen molar-refractivity contribution in [3.05, 3.63) is 64.4 Å². The molecule has 0 saturated carbocycles. The largest absolute Gasteiger partial charge is 0.344 e. The van der Waals surface area contributed by atoms with Gasteiger partial charge in [0.15, 0.2) is 5.16 Å². The first-order valence-electron chi connectivity index (χ1n) is 7.18. The van der Waals surface area contributed by atoms with E-state index in [4.69, 9.17) is 0 Å². The van der Waals surface area contributed by atoms with Gasteiger partial charge in [-0.15, -0.1) is 21.5 Å². The highest BCUT2D eigenvalue weighted by atomic mass is 32.2. The first-order chi connectivity index (χ1) is 11.6. The SMILES string of the molecule is Cn1cnnc1SCC(=O)N[C@@H](c1ccc(F)cc1)c1cccs1. The molecule has 2 aromatic heterocycles. The number of hydrogen-bond donors (Lipinski definition) is 1. The molecular weight excluding hydrogens is 347 g/mol. The van der Waals surface area contributed by atoms with Crippen molar-refractivity contribution in [2.24, 2.45) is 7.05 Å². The summed E-state index contributed by atoms with van der Waals surface area (Å²) in [5.74, 6) is -0.186. The summed E-state index contributed by atoms with van der Waals surface area (Å²) in [6, 6.07) is 9.77. The number of halogens is 1. The van der Waals surface area contributed by atoms with Crippen molar-refractivity contribution in [2.75, 3.05) is 5.75 Å². The van der Waals surface area contributed by atoms with E-state index in [1.807, 2.05) is 24.6 Å². The Bertz CT molecular complexity index is 802. The third kappa shape index (κ3) is 4.01. The third-order valence-electron chi connectivity index (χ3n) is 3.34. The zero-order valence-corrected chi connectivity index (χ0v) is 14.5. The summed E-state index contributed by atoms with van der Waals surface area (Å²) >= 11 is 2.87. The molecule has 5 nitrogen and oxygen atoms in total. The van der Waals surface area contributed by atoms with E-state index in [0.29, 0.717) is 5.16 Å². The van der Waals surface area contributed by atoms with Gasteiger partial charge in [-0.3, -0.25) is 4.79 Å². The fourth-order valence-electron chi connectivity index (χ4n) is 2.17. The quantitative estimate of drug-likeness (QED) is 0.685. The number of aromatic nitrogens is 3. The van der Waals surface area contributed by atoms with Crippen LogP contribution < -0.4 is 5.32 Å². The van der Waals surface area contributed by atoms with Crippen LogP contribution in [0.15, 0.2) is 53.3 Å². The molecule has 2 heterocycles. The molecule has 0 fully saturated rings. The standard InChI is InChI=1S/C16H15FN4OS2/c1-21-10-18-20-16(21)24-9-14(22)19-15(13-3-2-8-23-13)11-4-6-12(17)7-5-11/h2-8,10,15H,9H2,1H3,(H,19,22)/t15-/m0/s1. The van der Waals surface area contributed by atoms with Gasteiger partial charge in [-0.2, -0.15) is 0 Å². The molecule has 3 aromatic rings. The van der Waals surface area contributed by atoms with Crippen LogP contribution in [0.4, 0.5) is 4.39 Å². The Morgan fingerprint density at radius 2 is 2.17 bits per heavy atom. The van der Waals surface area contributed by atoms with Gasteiger partial charge < -0.3 is 9.88 Å². The molecule has 0 aliphatic carbocycles. The summed E-state index contributed by atoms with van der Waals surface area (Å²) in [5.41, 5.74) is 0.843. The minimum absolute atomic E-state index is 0.120. The van der Waals surface area contributed by atoms with Gasteiger partial charge in [-0.05, 0) is 29.1 Å². The highest BCUT2D eigenvalue weighted by Gasteiger charge is 2.18. The molecule has 1 amide bonds. The summed E-state index contributed by atoms with van der Waals surface area (Å²) in [5, 5.41) is 13.4. The molecule has 24 heavy (non-hydrogen) atoms. The summed E-state index contributed by atoms with van der Waals surface area (Å²) in [6.07, 6.45) is 1.59. The van der Waals surface area contributed by atoms with Crippen molar-refractivity contribution in [2.45, 2.75) is 11.2 Å². The van der Waals surface area contributed by atoms with E-state index in [0.717, 1.165) is 10.4 Å². The van der Waals surface area contributed by atoms with Crippen LogP contribution in [0.3, 0.4) is 0 Å². The molecule has 0 unspecified atom stereocenters. The van der Waals surface area contributed by atoms with Crippen LogP contribution in [-0.2, 0) is 11.8 Å². The molecular formula is C16H15FN4OS2. The number of nitrogens with one attached hydrogen (secondary N) is 1. The Morgan fingerprint density at radius 1 is 1.38 bits per heavy atom. The van der Waals surface area contributed by atoms with E-state index in [2.05, 4.69) is 15.5 Å². The second-order valence-corrected chi connectivity index (χ2v) is 7.00. The molecule has 1 N–H and O–H groups in total. The maximum absolute atomic E-state index is 13.2. The van der Waals surface area contributed by atoms with Crippen LogP contribution in [0.25, 0.3) is 0 Å². The van der Waals surface area contributed by atoms with E-state index in [-0.39, 0.29) is 23.5 Å². The van der Waals surface area contributed by atoms with E-state index in [1.54, 1.807) is 34.4 Å². The molecule has 0 aliphatic rings. The smallest absolute Gasteiger partial charge is 0.231 e. The summed E-state index contributed by atoms with van der Waals surface area (Å²) in [7, 11) is 1.83. The summed E-state index contributed by atoms with van der Waals surface area (Å²) < 4.78 is 14.9. The summed E-state index contributed by atoms with van der Waals surface area (Å²) in [6.45, 7) is 0. The molecule has 124 valence electrons. The molecule has 0 radical (unpaired) electrons. The third-order valence-corrected chi connectivity index (χ3v) is 5.31. The van der Waals surface area contributed by atoms with Gasteiger partial charge in [0.05, 0.1) is 11.8 Å². The van der Waals surface area contributed by atoms with Crippen LogP contribution in [0.1, 0.15) is 16.5 Å². The number of thioether (sulfide) groups is 1. The average Bonchev–Trinajstić information content (AvgIpc) is 3.23. The molecule has 3 rings (SSSR count). The monoisotopic (exact) mass is 362 g/mol. The fraction of sp³-hybridized carbons (Fsp3) is 0.188. The van der Waals surface area contributed by atoms with Crippen LogP contribution in [0.5, 0.6) is 0 Å². The van der Waals surface area contributed by atoms with Crippen LogP contribution >= 0.6 is 23.1 Å². The van der Waals surface area contributed by atoms with Crippen molar-refractivity contribution in [3.8, 4) is 0 Å². The second-order valence-electron chi connectivity index (χ2n) is 5.08. The van der Waals surface area contributed by atoms with Crippen molar-refractivity contribution in [1.82, 2.24) is 20.1 Å². The van der Waals surface area contributed by atoms with Crippen molar-refractivity contribution in [1.29, 1.82) is 0 Å². The van der Waals surface area contributed by atoms with Crippen molar-refractivity contribution in [3.63, 3.8) is 0 Å². The molecule has 0 bridgehead atoms. The predicted molar refractivity (Wildman–Crippen MR) is 92.4 cm³/mol. The lowest BCUT2D eigenvalue weighted by Crippen LogP contribution is -2.30. The number of aryl methyl sites for hydroxylation is 1. The van der Waals surface area contributed by atoms with Crippen LogP contribution in [0, 0.1) is 5.82 Å². The molecule has 0 saturated heterocycles. The van der Waals surface area contributed by atoms with Gasteiger partial charge in [-0.1, -0.05) is 30.0 Å². The minimum atomic E-state index is -0.298. The highest BCUT2D eigenvalue weighted by molar-refractivity contribution is 7.99. The predicted octanol–water partition coefficient (Wildman–Crippen LogP) is 3.01. The van der Waals surface area contributed by atoms with Gasteiger partial charge in [0.1, 0.15) is 12.1 Å². The van der Waals surface area contributed by atoms with E-state index in [1.165, 1.54) is 23.9 Å². The molecule has 8 heteroatoms. The molecule has 0 spiro atoms. The Balaban J connectivity index is 1.71. The lowest BCUT2D eigenvalue weighted by molar-refractivity contribution is -0.119. The molecule has 0 aliphatic heterocycles. The number of carbonyl (C=O) groups is 1. The first-order valence-corrected chi connectivity index (χ1v) is 9.05. The fourth-order valence-corrected chi connectivity index (χ4v) is 3.67. The topological polar surface area (TPSA) is 59.8 Å². The first kappa shape index (κ1) is 16.7. The molecule has 1 atom stereocenters. The van der Waals surface area contributed by atoms with Crippen LogP contribution in [-0.4, -0.2) is 26.4 Å². The Morgan fingerprint density at radius 3 is 2.79 bits per heavy atom. The van der Waals surface area contributed by atoms with Gasteiger partial charge in [0, 0.05) is 11.9 Å². The van der Waals surface area contributed by atoms with E-state index >= 15 is 0 Å². The lowest BCUT2D eigenvalue weighted by atomic mass is 10.1. The Labute approximate surface area is 146 Å². The maximum atomic E-state index is 13.2. The summed E-state index contributed by atoms with van der Waals surface area (Å²) in [4.78, 5) is 13.3. The van der Waals surface area contributed by atoms with Crippen LogP contribution in [0.2, 0.25) is 0 Å². The second kappa shape index (κ2) is 7.59. The lowest BCUT2D eigenvalue weighted by Gasteiger charge is -2.18. The number of amides is 1. The normalized spacial score (nSPS) is 12.1.